The summed E-state index contributed by atoms with van der Waals surface area (Å²) in [4.78, 5) is 4.41. The lowest BCUT2D eigenvalue weighted by molar-refractivity contribution is 0.425. The van der Waals surface area contributed by atoms with Crippen molar-refractivity contribution in [3.63, 3.8) is 0 Å². The molecule has 0 saturated carbocycles. The summed E-state index contributed by atoms with van der Waals surface area (Å²) in [5.74, 6) is 2.26. The Kier molecular flexibility index (Phi) is 5.15. The highest BCUT2D eigenvalue weighted by molar-refractivity contribution is 7.98. The van der Waals surface area contributed by atoms with E-state index in [9.17, 15) is 0 Å². The molecule has 4 rings (SSSR count). The molecule has 0 saturated heterocycles. The van der Waals surface area contributed by atoms with E-state index in [1.54, 1.807) is 12.1 Å². The molecule has 4 aromatic rings. The Bertz CT molecular complexity index is 1090. The van der Waals surface area contributed by atoms with Crippen LogP contribution in [0.25, 0.3) is 22.8 Å². The molecule has 0 aliphatic carbocycles. The number of thioether (sulfide) groups is 1. The maximum atomic E-state index is 6.06. The Morgan fingerprint density at radius 1 is 1.00 bits per heavy atom. The first-order valence-electron chi connectivity index (χ1n) is 7.97. The van der Waals surface area contributed by atoms with Gasteiger partial charge in [0, 0.05) is 28.2 Å². The normalized spacial score (nSPS) is 11.1. The van der Waals surface area contributed by atoms with Gasteiger partial charge >= 0.3 is 0 Å². The fraction of sp³-hybridized carbons (Fsp3) is 0.111. The monoisotopic (exact) mass is 417 g/mol. The Morgan fingerprint density at radius 2 is 1.70 bits per heavy atom. The summed E-state index contributed by atoms with van der Waals surface area (Å²) < 4.78 is 7.23. The van der Waals surface area contributed by atoms with Crippen LogP contribution in [0.2, 0.25) is 10.0 Å². The predicted molar refractivity (Wildman–Crippen MR) is 106 cm³/mol. The number of benzene rings is 2. The van der Waals surface area contributed by atoms with Crippen LogP contribution in [-0.2, 0) is 12.8 Å². The van der Waals surface area contributed by atoms with E-state index in [2.05, 4.69) is 20.3 Å². The van der Waals surface area contributed by atoms with E-state index >= 15 is 0 Å². The third kappa shape index (κ3) is 4.00. The molecule has 0 aliphatic rings. The Balaban J connectivity index is 1.48. The van der Waals surface area contributed by atoms with Crippen LogP contribution in [0.4, 0.5) is 0 Å². The Hall–Kier alpha value is -2.35. The summed E-state index contributed by atoms with van der Waals surface area (Å²) >= 11 is 13.5. The Morgan fingerprint density at radius 3 is 2.44 bits per heavy atom. The molecular weight excluding hydrogens is 405 g/mol. The zero-order valence-electron chi connectivity index (χ0n) is 14.1. The largest absolute Gasteiger partial charge is 0.334 e. The molecular formula is C18H13Cl2N5OS. The van der Waals surface area contributed by atoms with Crippen LogP contribution < -0.4 is 0 Å². The SMILES string of the molecule is Cn1c(SCc2noc(-c3cccc(Cl)c3)n2)nnc1-c1cccc(Cl)c1. The van der Waals surface area contributed by atoms with Crippen molar-refractivity contribution in [2.75, 3.05) is 0 Å². The van der Waals surface area contributed by atoms with Gasteiger partial charge in [-0.05, 0) is 30.3 Å². The molecule has 2 aromatic carbocycles. The van der Waals surface area contributed by atoms with Crippen molar-refractivity contribution in [3.05, 3.63) is 64.4 Å². The summed E-state index contributed by atoms with van der Waals surface area (Å²) in [6, 6.07) is 14.8. The molecule has 0 fully saturated rings. The van der Waals surface area contributed by atoms with Crippen LogP contribution >= 0.6 is 35.0 Å². The topological polar surface area (TPSA) is 69.6 Å². The molecule has 9 heteroatoms. The second-order valence-corrected chi connectivity index (χ2v) is 7.51. The van der Waals surface area contributed by atoms with Crippen molar-refractivity contribution in [2.45, 2.75) is 10.9 Å². The molecule has 0 spiro atoms. The molecule has 27 heavy (non-hydrogen) atoms. The van der Waals surface area contributed by atoms with Crippen molar-refractivity contribution in [1.82, 2.24) is 24.9 Å². The summed E-state index contributed by atoms with van der Waals surface area (Å²) in [5, 5.41) is 14.5. The summed E-state index contributed by atoms with van der Waals surface area (Å²) in [6.45, 7) is 0. The average molecular weight is 418 g/mol. The van der Waals surface area contributed by atoms with Crippen molar-refractivity contribution >= 4 is 35.0 Å². The van der Waals surface area contributed by atoms with Crippen molar-refractivity contribution < 1.29 is 4.52 Å². The third-order valence-corrected chi connectivity index (χ3v) is 5.27. The van der Waals surface area contributed by atoms with Gasteiger partial charge in [-0.1, -0.05) is 58.3 Å². The number of hydrogen-bond acceptors (Lipinski definition) is 6. The van der Waals surface area contributed by atoms with E-state index in [0.29, 0.717) is 27.5 Å². The van der Waals surface area contributed by atoms with Crippen LogP contribution in [0.5, 0.6) is 0 Å². The van der Waals surface area contributed by atoms with Crippen molar-refractivity contribution in [1.29, 1.82) is 0 Å². The van der Waals surface area contributed by atoms with Crippen LogP contribution in [-0.4, -0.2) is 24.9 Å². The lowest BCUT2D eigenvalue weighted by atomic mass is 10.2. The van der Waals surface area contributed by atoms with E-state index in [1.165, 1.54) is 11.8 Å². The fourth-order valence-electron chi connectivity index (χ4n) is 2.50. The highest BCUT2D eigenvalue weighted by Gasteiger charge is 2.14. The first-order chi connectivity index (χ1) is 13.1. The molecule has 2 heterocycles. The standard InChI is InChI=1S/C18H13Cl2N5OS/c1-25-16(11-4-2-6-13(19)8-11)22-23-18(25)27-10-15-21-17(26-24-15)12-5-3-7-14(20)9-12/h2-9H,10H2,1H3. The average Bonchev–Trinajstić information content (AvgIpc) is 3.27. The van der Waals surface area contributed by atoms with Crippen molar-refractivity contribution in [3.8, 4) is 22.8 Å². The number of hydrogen-bond donors (Lipinski definition) is 0. The van der Waals surface area contributed by atoms with E-state index in [-0.39, 0.29) is 0 Å². The summed E-state index contributed by atoms with van der Waals surface area (Å²) in [6.07, 6.45) is 0. The van der Waals surface area contributed by atoms with Crippen LogP contribution in [0, 0.1) is 0 Å². The fourth-order valence-corrected chi connectivity index (χ4v) is 3.63. The molecule has 0 radical (unpaired) electrons. The summed E-state index contributed by atoms with van der Waals surface area (Å²) in [7, 11) is 1.91. The molecule has 0 N–H and O–H groups in total. The van der Waals surface area contributed by atoms with Gasteiger partial charge < -0.3 is 9.09 Å². The van der Waals surface area contributed by atoms with Crippen LogP contribution in [0.1, 0.15) is 5.82 Å². The van der Waals surface area contributed by atoms with Crippen LogP contribution in [0.3, 0.4) is 0 Å². The van der Waals surface area contributed by atoms with Crippen LogP contribution in [0.15, 0.2) is 58.2 Å². The van der Waals surface area contributed by atoms with Crippen molar-refractivity contribution in [2.24, 2.45) is 7.05 Å². The Labute approximate surface area is 169 Å². The lowest BCUT2D eigenvalue weighted by Gasteiger charge is -2.03. The first-order valence-corrected chi connectivity index (χ1v) is 9.71. The predicted octanol–water partition coefficient (Wildman–Crippen LogP) is 5.13. The summed E-state index contributed by atoms with van der Waals surface area (Å²) in [5.41, 5.74) is 1.69. The highest BCUT2D eigenvalue weighted by atomic mass is 35.5. The minimum absolute atomic E-state index is 0.436. The van der Waals surface area contributed by atoms with Gasteiger partial charge in [-0.15, -0.1) is 10.2 Å². The number of rotatable bonds is 5. The molecule has 0 bridgehead atoms. The molecule has 0 aliphatic heterocycles. The van der Waals surface area contributed by atoms with Gasteiger partial charge in [0.15, 0.2) is 16.8 Å². The van der Waals surface area contributed by atoms with Gasteiger partial charge in [0.2, 0.25) is 0 Å². The van der Waals surface area contributed by atoms with Gasteiger partial charge in [-0.3, -0.25) is 0 Å². The number of aromatic nitrogens is 5. The lowest BCUT2D eigenvalue weighted by Crippen LogP contribution is -1.95. The second-order valence-electron chi connectivity index (χ2n) is 5.69. The van der Waals surface area contributed by atoms with Gasteiger partial charge in [0.1, 0.15) is 0 Å². The minimum Gasteiger partial charge on any atom is -0.334 e. The molecule has 0 amide bonds. The molecule has 0 unspecified atom stereocenters. The van der Waals surface area contributed by atoms with E-state index in [1.807, 2.05) is 48.0 Å². The zero-order valence-corrected chi connectivity index (χ0v) is 16.5. The van der Waals surface area contributed by atoms with Gasteiger partial charge in [0.25, 0.3) is 5.89 Å². The zero-order chi connectivity index (χ0) is 18.8. The molecule has 2 aromatic heterocycles. The molecule has 136 valence electrons. The van der Waals surface area contributed by atoms with E-state index < -0.39 is 0 Å². The quantitative estimate of drug-likeness (QED) is 0.419. The molecule has 6 nitrogen and oxygen atoms in total. The van der Waals surface area contributed by atoms with E-state index in [0.717, 1.165) is 22.1 Å². The molecule has 0 atom stereocenters. The van der Waals surface area contributed by atoms with E-state index in [4.69, 9.17) is 27.7 Å². The number of nitrogens with zero attached hydrogens (tertiary/aromatic N) is 5. The van der Waals surface area contributed by atoms with Gasteiger partial charge in [-0.25, -0.2) is 0 Å². The number of halogens is 2. The maximum Gasteiger partial charge on any atom is 0.258 e. The maximum absolute atomic E-state index is 6.06. The third-order valence-electron chi connectivity index (χ3n) is 3.79. The second kappa shape index (κ2) is 7.72. The first kappa shape index (κ1) is 18.0. The minimum atomic E-state index is 0.436. The van der Waals surface area contributed by atoms with Gasteiger partial charge in [-0.2, -0.15) is 4.98 Å². The highest BCUT2D eigenvalue weighted by Crippen LogP contribution is 2.27. The smallest absolute Gasteiger partial charge is 0.258 e. The van der Waals surface area contributed by atoms with Gasteiger partial charge in [0.05, 0.1) is 5.75 Å².